The molecule has 1 aromatic rings. The Kier molecular flexibility index (Phi) is 4.19. The zero-order valence-corrected chi connectivity index (χ0v) is 9.78. The van der Waals surface area contributed by atoms with Crippen LogP contribution in [-0.4, -0.2) is 16.7 Å². The molecular formula is C9H10BrFN2O3. The Labute approximate surface area is 99.3 Å². The number of rotatable bonds is 4. The molecule has 0 saturated heterocycles. The van der Waals surface area contributed by atoms with Gasteiger partial charge in [-0.05, 0) is 12.5 Å². The van der Waals surface area contributed by atoms with Gasteiger partial charge in [-0.25, -0.2) is 0 Å². The highest BCUT2D eigenvalue weighted by Gasteiger charge is 2.21. The summed E-state index contributed by atoms with van der Waals surface area (Å²) in [5, 5.41) is 20.2. The first-order valence-corrected chi connectivity index (χ1v) is 5.25. The van der Waals surface area contributed by atoms with Crippen molar-refractivity contribution < 1.29 is 14.4 Å². The van der Waals surface area contributed by atoms with Crippen LogP contribution in [0.25, 0.3) is 0 Å². The largest absolute Gasteiger partial charge is 0.502 e. The maximum atomic E-state index is 12.1. The summed E-state index contributed by atoms with van der Waals surface area (Å²) in [6.45, 7) is -0.652. The van der Waals surface area contributed by atoms with E-state index in [2.05, 4.69) is 15.9 Å². The smallest absolute Gasteiger partial charge is 0.312 e. The Hall–Kier alpha value is -1.21. The summed E-state index contributed by atoms with van der Waals surface area (Å²) in [6.07, 6.45) is 0.00116. The molecule has 0 radical (unpaired) electrons. The zero-order chi connectivity index (χ0) is 12.3. The number of hydrogen-bond acceptors (Lipinski definition) is 4. The molecule has 0 aliphatic carbocycles. The summed E-state index contributed by atoms with van der Waals surface area (Å²) in [5.74, 6) is -0.505. The van der Waals surface area contributed by atoms with Crippen molar-refractivity contribution in [2.24, 2.45) is 5.73 Å². The standard InChI is InChI=1S/C9H10BrFN2O3/c10-5-3-6(7(12)1-2-11)9(14)8(4-5)13(15)16/h3-4,7,14H,1-2,12H2/t7-/m1/s1. The first-order chi connectivity index (χ1) is 7.47. The molecule has 0 aliphatic rings. The van der Waals surface area contributed by atoms with Crippen molar-refractivity contribution in [2.75, 3.05) is 6.67 Å². The normalized spacial score (nSPS) is 12.4. The fraction of sp³-hybridized carbons (Fsp3) is 0.333. The highest BCUT2D eigenvalue weighted by atomic mass is 79.9. The van der Waals surface area contributed by atoms with E-state index in [0.717, 1.165) is 0 Å². The molecule has 0 heterocycles. The summed E-state index contributed by atoms with van der Waals surface area (Å²) in [7, 11) is 0. The predicted molar refractivity (Wildman–Crippen MR) is 60.0 cm³/mol. The van der Waals surface area contributed by atoms with Gasteiger partial charge in [0.1, 0.15) is 0 Å². The average Bonchev–Trinajstić information content (AvgIpc) is 2.20. The number of phenols is 1. The Balaban J connectivity index is 3.23. The van der Waals surface area contributed by atoms with E-state index in [0.29, 0.717) is 4.47 Å². The van der Waals surface area contributed by atoms with E-state index in [1.54, 1.807) is 0 Å². The van der Waals surface area contributed by atoms with Crippen LogP contribution in [0.4, 0.5) is 10.1 Å². The second kappa shape index (κ2) is 5.22. The van der Waals surface area contributed by atoms with Crippen molar-refractivity contribution in [2.45, 2.75) is 12.5 Å². The van der Waals surface area contributed by atoms with Crippen LogP contribution in [0.5, 0.6) is 5.75 Å². The highest BCUT2D eigenvalue weighted by Crippen LogP contribution is 2.36. The van der Waals surface area contributed by atoms with Crippen LogP contribution in [0.15, 0.2) is 16.6 Å². The molecule has 0 bridgehead atoms. The van der Waals surface area contributed by atoms with Crippen molar-refractivity contribution >= 4 is 21.6 Å². The Morgan fingerprint density at radius 1 is 1.62 bits per heavy atom. The Morgan fingerprint density at radius 2 is 2.25 bits per heavy atom. The van der Waals surface area contributed by atoms with Crippen LogP contribution >= 0.6 is 15.9 Å². The minimum atomic E-state index is -0.763. The topological polar surface area (TPSA) is 89.4 Å². The van der Waals surface area contributed by atoms with Gasteiger partial charge in [-0.3, -0.25) is 14.5 Å². The second-order valence-corrected chi connectivity index (χ2v) is 4.12. The number of halogens is 2. The molecule has 1 aromatic carbocycles. The first kappa shape index (κ1) is 12.9. The SMILES string of the molecule is N[C@H](CCF)c1cc(Br)cc([N+](=O)[O-])c1O. The van der Waals surface area contributed by atoms with Crippen molar-refractivity contribution in [3.63, 3.8) is 0 Å². The van der Waals surface area contributed by atoms with E-state index in [1.807, 2.05) is 0 Å². The molecule has 0 aliphatic heterocycles. The molecule has 5 nitrogen and oxygen atoms in total. The van der Waals surface area contributed by atoms with E-state index in [4.69, 9.17) is 5.73 Å². The zero-order valence-electron chi connectivity index (χ0n) is 8.19. The van der Waals surface area contributed by atoms with E-state index in [-0.39, 0.29) is 12.0 Å². The number of aromatic hydroxyl groups is 1. The molecule has 88 valence electrons. The number of nitrogens with zero attached hydrogens (tertiary/aromatic N) is 1. The van der Waals surface area contributed by atoms with Gasteiger partial charge in [0.25, 0.3) is 0 Å². The van der Waals surface area contributed by atoms with Crippen molar-refractivity contribution in [1.82, 2.24) is 0 Å². The lowest BCUT2D eigenvalue weighted by Gasteiger charge is -2.12. The summed E-state index contributed by atoms with van der Waals surface area (Å²) < 4.78 is 12.5. The number of nitro groups is 1. The molecule has 0 spiro atoms. The van der Waals surface area contributed by atoms with Gasteiger partial charge in [0.05, 0.1) is 11.6 Å². The Bertz CT molecular complexity index is 414. The molecule has 0 unspecified atom stereocenters. The van der Waals surface area contributed by atoms with Crippen molar-refractivity contribution in [3.8, 4) is 5.75 Å². The van der Waals surface area contributed by atoms with Gasteiger partial charge in [0.15, 0.2) is 5.75 Å². The fourth-order valence-electron chi connectivity index (χ4n) is 1.30. The monoisotopic (exact) mass is 292 g/mol. The number of nitro benzene ring substituents is 1. The van der Waals surface area contributed by atoms with Gasteiger partial charge >= 0.3 is 5.69 Å². The lowest BCUT2D eigenvalue weighted by molar-refractivity contribution is -0.386. The minimum Gasteiger partial charge on any atom is -0.502 e. The van der Waals surface area contributed by atoms with Crippen LogP contribution in [0.3, 0.4) is 0 Å². The summed E-state index contributed by atoms with van der Waals surface area (Å²) in [5.41, 5.74) is 5.32. The molecule has 3 N–H and O–H groups in total. The van der Waals surface area contributed by atoms with Crippen LogP contribution in [0.2, 0.25) is 0 Å². The lowest BCUT2D eigenvalue weighted by atomic mass is 10.0. The molecule has 0 amide bonds. The number of alkyl halides is 1. The Morgan fingerprint density at radius 3 is 2.75 bits per heavy atom. The quantitative estimate of drug-likeness (QED) is 0.659. The number of benzene rings is 1. The van der Waals surface area contributed by atoms with Crippen LogP contribution < -0.4 is 5.73 Å². The summed E-state index contributed by atoms with van der Waals surface area (Å²) in [6, 6.07) is 1.85. The molecule has 1 rings (SSSR count). The predicted octanol–water partition coefficient (Wildman–Crippen LogP) is 2.42. The number of nitrogens with two attached hydrogens (primary N) is 1. The molecule has 16 heavy (non-hydrogen) atoms. The van der Waals surface area contributed by atoms with E-state index >= 15 is 0 Å². The number of hydrogen-bond donors (Lipinski definition) is 2. The van der Waals surface area contributed by atoms with Crippen molar-refractivity contribution in [3.05, 3.63) is 32.3 Å². The molecule has 0 aromatic heterocycles. The first-order valence-electron chi connectivity index (χ1n) is 4.45. The van der Waals surface area contributed by atoms with Gasteiger partial charge in [-0.1, -0.05) is 15.9 Å². The van der Waals surface area contributed by atoms with Gasteiger partial charge in [-0.15, -0.1) is 0 Å². The fourth-order valence-corrected chi connectivity index (χ4v) is 1.76. The lowest BCUT2D eigenvalue weighted by Crippen LogP contribution is -2.11. The third-order valence-corrected chi connectivity index (χ3v) is 2.56. The summed E-state index contributed by atoms with van der Waals surface area (Å²) >= 11 is 3.07. The number of phenolic OH excluding ortho intramolecular Hbond substituents is 1. The molecular weight excluding hydrogens is 283 g/mol. The highest BCUT2D eigenvalue weighted by molar-refractivity contribution is 9.10. The summed E-state index contributed by atoms with van der Waals surface area (Å²) in [4.78, 5) is 9.90. The molecule has 0 fully saturated rings. The molecule has 7 heteroatoms. The van der Waals surface area contributed by atoms with Gasteiger partial charge in [0, 0.05) is 22.1 Å². The van der Waals surface area contributed by atoms with E-state index < -0.39 is 29.1 Å². The van der Waals surface area contributed by atoms with Crippen molar-refractivity contribution in [1.29, 1.82) is 0 Å². The maximum absolute atomic E-state index is 12.1. The third-order valence-electron chi connectivity index (χ3n) is 2.10. The van der Waals surface area contributed by atoms with Gasteiger partial charge in [0.2, 0.25) is 0 Å². The average molecular weight is 293 g/mol. The minimum absolute atomic E-state index is 0.00116. The van der Waals surface area contributed by atoms with Crippen LogP contribution in [0, 0.1) is 10.1 Å². The molecule has 1 atom stereocenters. The van der Waals surface area contributed by atoms with Crippen LogP contribution in [-0.2, 0) is 0 Å². The van der Waals surface area contributed by atoms with E-state index in [1.165, 1.54) is 12.1 Å². The van der Waals surface area contributed by atoms with Gasteiger partial charge < -0.3 is 10.8 Å². The maximum Gasteiger partial charge on any atom is 0.312 e. The molecule has 0 saturated carbocycles. The third kappa shape index (κ3) is 2.67. The van der Waals surface area contributed by atoms with Gasteiger partial charge in [-0.2, -0.15) is 0 Å². The van der Waals surface area contributed by atoms with Crippen LogP contribution in [0.1, 0.15) is 18.0 Å². The second-order valence-electron chi connectivity index (χ2n) is 3.20. The van der Waals surface area contributed by atoms with E-state index in [9.17, 15) is 19.6 Å².